The van der Waals surface area contributed by atoms with Gasteiger partial charge in [0.2, 0.25) is 0 Å². The Morgan fingerprint density at radius 1 is 1.27 bits per heavy atom. The summed E-state index contributed by atoms with van der Waals surface area (Å²) in [5, 5.41) is 0. The van der Waals surface area contributed by atoms with Crippen molar-refractivity contribution in [3.8, 4) is 0 Å². The van der Waals surface area contributed by atoms with Crippen molar-refractivity contribution in [3.05, 3.63) is 11.3 Å². The fraction of sp³-hybridized carbons (Fsp3) is 0.750. The van der Waals surface area contributed by atoms with E-state index in [1.807, 2.05) is 0 Å². The lowest BCUT2D eigenvalue weighted by Crippen LogP contribution is -2.38. The topological polar surface area (TPSA) is 78.9 Å². The van der Waals surface area contributed by atoms with E-state index in [0.717, 1.165) is 20.0 Å². The molecule has 2 rings (SSSR count). The summed E-state index contributed by atoms with van der Waals surface area (Å²) < 4.78 is 74.1. The highest BCUT2D eigenvalue weighted by Gasteiger charge is 2.51. The van der Waals surface area contributed by atoms with Crippen molar-refractivity contribution in [1.29, 1.82) is 0 Å². The van der Waals surface area contributed by atoms with Gasteiger partial charge in [-0.3, -0.25) is 0 Å². The maximum atomic E-state index is 12.5. The van der Waals surface area contributed by atoms with Gasteiger partial charge >= 0.3 is 21.6 Å². The number of ether oxygens (including phenoxy) is 2. The molecule has 22 heavy (non-hydrogen) atoms. The minimum atomic E-state index is -5.84. The van der Waals surface area contributed by atoms with Crippen molar-refractivity contribution >= 4 is 16.1 Å². The van der Waals surface area contributed by atoms with E-state index in [4.69, 9.17) is 4.74 Å². The summed E-state index contributed by atoms with van der Waals surface area (Å²) in [7, 11) is -4.81. The van der Waals surface area contributed by atoms with Crippen LogP contribution in [0.25, 0.3) is 0 Å². The first-order valence-corrected chi connectivity index (χ1v) is 7.96. The van der Waals surface area contributed by atoms with Crippen LogP contribution in [0.15, 0.2) is 11.3 Å². The molecule has 1 spiro atoms. The molecule has 0 amide bonds. The molecular weight excluding hydrogens is 329 g/mol. The van der Waals surface area contributed by atoms with Crippen molar-refractivity contribution in [2.24, 2.45) is 0 Å². The number of hydrogen-bond acceptors (Lipinski definition) is 6. The van der Waals surface area contributed by atoms with E-state index in [1.54, 1.807) is 0 Å². The largest absolute Gasteiger partial charge is 0.534 e. The van der Waals surface area contributed by atoms with Gasteiger partial charge in [-0.05, 0) is 12.8 Å². The van der Waals surface area contributed by atoms with Crippen molar-refractivity contribution < 1.29 is 40.0 Å². The smallest absolute Gasteiger partial charge is 0.465 e. The van der Waals surface area contributed by atoms with Gasteiger partial charge in [-0.25, -0.2) is 4.79 Å². The van der Waals surface area contributed by atoms with Crippen LogP contribution in [0.3, 0.4) is 0 Å². The molecule has 1 aliphatic carbocycles. The van der Waals surface area contributed by atoms with Crippen LogP contribution in [-0.4, -0.2) is 39.2 Å². The molecule has 0 atom stereocenters. The van der Waals surface area contributed by atoms with Crippen LogP contribution >= 0.6 is 0 Å². The first-order chi connectivity index (χ1) is 10.1. The van der Waals surface area contributed by atoms with E-state index < -0.39 is 33.0 Å². The minimum absolute atomic E-state index is 0.202. The van der Waals surface area contributed by atoms with Gasteiger partial charge in [0.15, 0.2) is 0 Å². The molecule has 1 fully saturated rings. The number of carbonyl (C=O) groups is 1. The molecule has 0 bridgehead atoms. The Balaban J connectivity index is 2.35. The molecule has 1 heterocycles. The summed E-state index contributed by atoms with van der Waals surface area (Å²) in [5.41, 5.74) is -6.68. The molecule has 1 saturated carbocycles. The molecule has 10 heteroatoms. The highest BCUT2D eigenvalue weighted by molar-refractivity contribution is 7.87. The van der Waals surface area contributed by atoms with Gasteiger partial charge in [0.25, 0.3) is 0 Å². The van der Waals surface area contributed by atoms with E-state index >= 15 is 0 Å². The molecule has 0 saturated heterocycles. The van der Waals surface area contributed by atoms with Crippen molar-refractivity contribution in [1.82, 2.24) is 0 Å². The van der Waals surface area contributed by atoms with Crippen molar-refractivity contribution in [3.63, 3.8) is 0 Å². The summed E-state index contributed by atoms with van der Waals surface area (Å²) in [4.78, 5) is 11.6. The second kappa shape index (κ2) is 5.73. The van der Waals surface area contributed by atoms with E-state index in [9.17, 15) is 26.4 Å². The molecule has 0 radical (unpaired) electrons. The number of rotatable bonds is 3. The number of methoxy groups -OCH3 is 1. The molecule has 126 valence electrons. The van der Waals surface area contributed by atoms with Gasteiger partial charge in [-0.2, -0.15) is 21.6 Å². The zero-order valence-corrected chi connectivity index (χ0v) is 12.6. The van der Waals surface area contributed by atoms with Gasteiger partial charge in [0.1, 0.15) is 11.3 Å². The van der Waals surface area contributed by atoms with Gasteiger partial charge < -0.3 is 13.7 Å². The average molecular weight is 344 g/mol. The highest BCUT2D eigenvalue weighted by atomic mass is 32.2. The lowest BCUT2D eigenvalue weighted by Gasteiger charge is -2.35. The summed E-state index contributed by atoms with van der Waals surface area (Å²) in [6, 6.07) is 0. The third-order valence-electron chi connectivity index (χ3n) is 3.78. The Bertz CT molecular complexity index is 586. The average Bonchev–Trinajstić information content (AvgIpc) is 2.84. The van der Waals surface area contributed by atoms with Crippen LogP contribution in [0.1, 0.15) is 32.1 Å². The van der Waals surface area contributed by atoms with E-state index in [-0.39, 0.29) is 18.6 Å². The zero-order chi connectivity index (χ0) is 16.6. The molecule has 0 N–H and O–H groups in total. The molecular formula is C12H15F3O6S. The van der Waals surface area contributed by atoms with Crippen LogP contribution in [-0.2, 0) is 28.6 Å². The fourth-order valence-corrected chi connectivity index (χ4v) is 3.17. The first kappa shape index (κ1) is 17.1. The second-order valence-electron chi connectivity index (χ2n) is 5.23. The third kappa shape index (κ3) is 3.22. The van der Waals surface area contributed by atoms with Crippen molar-refractivity contribution in [2.75, 3.05) is 13.7 Å². The Morgan fingerprint density at radius 2 is 1.86 bits per heavy atom. The van der Waals surface area contributed by atoms with Crippen LogP contribution < -0.4 is 0 Å². The summed E-state index contributed by atoms with van der Waals surface area (Å²) in [6.45, 7) is -0.338. The Hall–Kier alpha value is -1.29. The Labute approximate surface area is 125 Å². The van der Waals surface area contributed by atoms with Crippen LogP contribution in [0.5, 0.6) is 0 Å². The van der Waals surface area contributed by atoms with Crippen LogP contribution in [0, 0.1) is 0 Å². The SMILES string of the molecule is COC(=O)C1=C(OS(=O)(=O)C(F)(F)F)CC2(CCCC2)OC1. The fourth-order valence-electron chi connectivity index (χ4n) is 2.65. The van der Waals surface area contributed by atoms with Gasteiger partial charge in [0, 0.05) is 6.42 Å². The number of esters is 1. The van der Waals surface area contributed by atoms with E-state index in [2.05, 4.69) is 8.92 Å². The Kier molecular flexibility index (Phi) is 4.44. The molecule has 1 aliphatic heterocycles. The molecule has 0 aromatic rings. The zero-order valence-electron chi connectivity index (χ0n) is 11.7. The predicted octanol–water partition coefficient (Wildman–Crippen LogP) is 2.01. The normalized spacial score (nSPS) is 22.0. The molecule has 0 unspecified atom stereocenters. The molecule has 6 nitrogen and oxygen atoms in total. The van der Waals surface area contributed by atoms with Crippen molar-refractivity contribution in [2.45, 2.75) is 43.2 Å². The number of hydrogen-bond donors (Lipinski definition) is 0. The first-order valence-electron chi connectivity index (χ1n) is 6.55. The lowest BCUT2D eigenvalue weighted by atomic mass is 9.92. The summed E-state index contributed by atoms with van der Waals surface area (Å²) in [6.07, 6.45) is 2.56. The standard InChI is InChI=1S/C12H15F3O6S/c1-19-10(16)8-7-20-11(4-2-3-5-11)6-9(8)21-22(17,18)12(13,14)15/h2-7H2,1H3. The number of halogens is 3. The summed E-state index contributed by atoms with van der Waals surface area (Å²) in [5.74, 6) is -1.52. The maximum absolute atomic E-state index is 12.5. The second-order valence-corrected chi connectivity index (χ2v) is 6.77. The monoisotopic (exact) mass is 344 g/mol. The third-order valence-corrected chi connectivity index (χ3v) is 4.77. The van der Waals surface area contributed by atoms with Gasteiger partial charge in [-0.1, -0.05) is 12.8 Å². The van der Waals surface area contributed by atoms with Gasteiger partial charge in [-0.15, -0.1) is 0 Å². The highest BCUT2D eigenvalue weighted by Crippen LogP contribution is 2.43. The van der Waals surface area contributed by atoms with Crippen LogP contribution in [0.4, 0.5) is 13.2 Å². The molecule has 2 aliphatic rings. The molecule has 0 aromatic carbocycles. The van der Waals surface area contributed by atoms with Crippen LogP contribution in [0.2, 0.25) is 0 Å². The quantitative estimate of drug-likeness (QED) is 0.443. The Morgan fingerprint density at radius 3 is 2.36 bits per heavy atom. The number of carbonyl (C=O) groups excluding carboxylic acids is 1. The van der Waals surface area contributed by atoms with Gasteiger partial charge in [0.05, 0.1) is 19.3 Å². The lowest BCUT2D eigenvalue weighted by molar-refractivity contribution is -0.139. The summed E-state index contributed by atoms with van der Waals surface area (Å²) >= 11 is 0. The molecule has 0 aromatic heterocycles. The maximum Gasteiger partial charge on any atom is 0.534 e. The van der Waals surface area contributed by atoms with E-state index in [0.29, 0.717) is 12.8 Å². The van der Waals surface area contributed by atoms with E-state index in [1.165, 1.54) is 0 Å². The predicted molar refractivity (Wildman–Crippen MR) is 66.9 cm³/mol. The minimum Gasteiger partial charge on any atom is -0.465 e. The number of alkyl halides is 3.